The largest absolute Gasteiger partial charge is 0.508 e. The molecule has 0 saturated heterocycles. The van der Waals surface area contributed by atoms with Gasteiger partial charge >= 0.3 is 0 Å². The highest BCUT2D eigenvalue weighted by atomic mass is 16.3. The van der Waals surface area contributed by atoms with Crippen LogP contribution in [0, 0.1) is 5.92 Å². The van der Waals surface area contributed by atoms with Crippen molar-refractivity contribution >= 4 is 0 Å². The van der Waals surface area contributed by atoms with E-state index in [9.17, 15) is 10.2 Å². The molecule has 1 aromatic rings. The van der Waals surface area contributed by atoms with Crippen molar-refractivity contribution in [3.05, 3.63) is 29.3 Å². The smallest absolute Gasteiger partial charge is 0.115 e. The molecule has 2 aliphatic carbocycles. The van der Waals surface area contributed by atoms with Gasteiger partial charge in [-0.1, -0.05) is 6.07 Å². The molecule has 1 saturated carbocycles. The maximum Gasteiger partial charge on any atom is 0.115 e. The van der Waals surface area contributed by atoms with E-state index in [1.165, 1.54) is 24.0 Å². The fourth-order valence-electron chi connectivity index (χ4n) is 3.56. The normalized spacial score (nSPS) is 30.3. The Labute approximate surface area is 114 Å². The van der Waals surface area contributed by atoms with E-state index in [2.05, 4.69) is 11.4 Å². The van der Waals surface area contributed by atoms with Gasteiger partial charge in [-0.15, -0.1) is 0 Å². The number of phenols is 1. The molecule has 1 aromatic carbocycles. The highest BCUT2D eigenvalue weighted by Gasteiger charge is 2.25. The van der Waals surface area contributed by atoms with Gasteiger partial charge in [-0.25, -0.2) is 0 Å². The van der Waals surface area contributed by atoms with E-state index < -0.39 is 0 Å². The molecule has 3 N–H and O–H groups in total. The molecule has 3 heteroatoms. The van der Waals surface area contributed by atoms with E-state index in [1.54, 1.807) is 6.07 Å². The van der Waals surface area contributed by atoms with Crippen LogP contribution in [0.3, 0.4) is 0 Å². The summed E-state index contributed by atoms with van der Waals surface area (Å²) in [4.78, 5) is 0. The van der Waals surface area contributed by atoms with Gasteiger partial charge in [-0.3, -0.25) is 0 Å². The third-order valence-electron chi connectivity index (χ3n) is 4.61. The summed E-state index contributed by atoms with van der Waals surface area (Å²) in [5.74, 6) is 0.996. The molecule has 3 unspecified atom stereocenters. The van der Waals surface area contributed by atoms with Crippen LogP contribution in [0.5, 0.6) is 5.75 Å². The summed E-state index contributed by atoms with van der Waals surface area (Å²) >= 11 is 0. The van der Waals surface area contributed by atoms with Gasteiger partial charge in [-0.2, -0.15) is 0 Å². The molecule has 0 aromatic heterocycles. The van der Waals surface area contributed by atoms with Gasteiger partial charge in [0.25, 0.3) is 0 Å². The first-order valence-electron chi connectivity index (χ1n) is 7.45. The van der Waals surface area contributed by atoms with Crippen molar-refractivity contribution in [3.63, 3.8) is 0 Å². The third-order valence-corrected chi connectivity index (χ3v) is 4.61. The number of benzene rings is 1. The lowest BCUT2D eigenvalue weighted by Crippen LogP contribution is -2.29. The van der Waals surface area contributed by atoms with Crippen LogP contribution < -0.4 is 5.32 Å². The maximum absolute atomic E-state index is 9.57. The zero-order chi connectivity index (χ0) is 13.2. The molecule has 3 rings (SSSR count). The first-order chi connectivity index (χ1) is 9.22. The zero-order valence-electron chi connectivity index (χ0n) is 11.3. The molecule has 3 atom stereocenters. The number of rotatable bonds is 3. The summed E-state index contributed by atoms with van der Waals surface area (Å²) in [7, 11) is 0. The minimum atomic E-state index is -0.0811. The molecule has 19 heavy (non-hydrogen) atoms. The average Bonchev–Trinajstić information content (AvgIpc) is 2.81. The lowest BCUT2D eigenvalue weighted by atomic mass is 9.87. The minimum Gasteiger partial charge on any atom is -0.508 e. The quantitative estimate of drug-likeness (QED) is 0.783. The van der Waals surface area contributed by atoms with Crippen molar-refractivity contribution in [3.8, 4) is 5.75 Å². The van der Waals surface area contributed by atoms with E-state index >= 15 is 0 Å². The lowest BCUT2D eigenvalue weighted by molar-refractivity contribution is 0.177. The number of aromatic hydroxyl groups is 1. The number of fused-ring (bicyclic) bond motifs is 1. The molecule has 0 heterocycles. The van der Waals surface area contributed by atoms with Crippen LogP contribution >= 0.6 is 0 Å². The molecule has 1 fully saturated rings. The average molecular weight is 261 g/mol. The van der Waals surface area contributed by atoms with Gasteiger partial charge < -0.3 is 15.5 Å². The van der Waals surface area contributed by atoms with Gasteiger partial charge in [-0.05, 0) is 74.2 Å². The van der Waals surface area contributed by atoms with Crippen molar-refractivity contribution in [2.45, 2.75) is 50.7 Å². The Morgan fingerprint density at radius 2 is 2.11 bits per heavy atom. The topological polar surface area (TPSA) is 52.5 Å². The van der Waals surface area contributed by atoms with Crippen LogP contribution in [-0.2, 0) is 6.42 Å². The number of aryl methyl sites for hydroxylation is 1. The van der Waals surface area contributed by atoms with Crippen LogP contribution in [0.25, 0.3) is 0 Å². The van der Waals surface area contributed by atoms with Crippen LogP contribution in [0.2, 0.25) is 0 Å². The fraction of sp³-hybridized carbons (Fsp3) is 0.625. The number of hydrogen-bond acceptors (Lipinski definition) is 3. The van der Waals surface area contributed by atoms with Crippen molar-refractivity contribution in [2.24, 2.45) is 5.92 Å². The van der Waals surface area contributed by atoms with E-state index in [0.29, 0.717) is 17.7 Å². The second-order valence-corrected chi connectivity index (χ2v) is 6.07. The van der Waals surface area contributed by atoms with Crippen LogP contribution in [-0.4, -0.2) is 22.9 Å². The Morgan fingerprint density at radius 3 is 2.89 bits per heavy atom. The van der Waals surface area contributed by atoms with Crippen LogP contribution in [0.4, 0.5) is 0 Å². The number of nitrogens with one attached hydrogen (secondary N) is 1. The summed E-state index contributed by atoms with van der Waals surface area (Å²) in [6, 6.07) is 6.17. The molecule has 3 nitrogen and oxygen atoms in total. The fourth-order valence-corrected chi connectivity index (χ4v) is 3.56. The van der Waals surface area contributed by atoms with E-state index in [-0.39, 0.29) is 6.10 Å². The Kier molecular flexibility index (Phi) is 3.76. The SMILES string of the molecule is Oc1ccc2c(c1)CCCC2NCC1CCC(O)C1. The lowest BCUT2D eigenvalue weighted by Gasteiger charge is -2.27. The number of aliphatic hydroxyl groups is 1. The van der Waals surface area contributed by atoms with E-state index in [0.717, 1.165) is 32.2 Å². The van der Waals surface area contributed by atoms with Crippen molar-refractivity contribution in [1.82, 2.24) is 5.32 Å². The summed E-state index contributed by atoms with van der Waals surface area (Å²) in [6.07, 6.45) is 6.40. The molecular formula is C16H23NO2. The Morgan fingerprint density at radius 1 is 1.21 bits per heavy atom. The van der Waals surface area contributed by atoms with Crippen molar-refractivity contribution < 1.29 is 10.2 Å². The van der Waals surface area contributed by atoms with Gasteiger partial charge in [0, 0.05) is 6.04 Å². The molecule has 0 bridgehead atoms. The molecule has 0 amide bonds. The molecule has 104 valence electrons. The second kappa shape index (κ2) is 5.51. The monoisotopic (exact) mass is 261 g/mol. The number of phenolic OH excluding ortho intramolecular Hbond substituents is 1. The van der Waals surface area contributed by atoms with Crippen molar-refractivity contribution in [1.29, 1.82) is 0 Å². The molecule has 0 radical (unpaired) electrons. The predicted octanol–water partition coefficient (Wildman–Crippen LogP) is 2.52. The van der Waals surface area contributed by atoms with Gasteiger partial charge in [0.05, 0.1) is 6.10 Å². The van der Waals surface area contributed by atoms with Crippen LogP contribution in [0.15, 0.2) is 18.2 Å². The highest BCUT2D eigenvalue weighted by Crippen LogP contribution is 2.33. The Hall–Kier alpha value is -1.06. The Balaban J connectivity index is 1.63. The van der Waals surface area contributed by atoms with Crippen molar-refractivity contribution in [2.75, 3.05) is 6.54 Å². The summed E-state index contributed by atoms with van der Waals surface area (Å²) in [5.41, 5.74) is 2.64. The van der Waals surface area contributed by atoms with Gasteiger partial charge in [0.15, 0.2) is 0 Å². The van der Waals surface area contributed by atoms with Crippen LogP contribution in [0.1, 0.15) is 49.3 Å². The molecular weight excluding hydrogens is 238 g/mol. The zero-order valence-corrected chi connectivity index (χ0v) is 11.3. The third kappa shape index (κ3) is 2.93. The summed E-state index contributed by atoms with van der Waals surface area (Å²) < 4.78 is 0. The summed E-state index contributed by atoms with van der Waals surface area (Å²) in [6.45, 7) is 1.00. The number of hydrogen-bond donors (Lipinski definition) is 3. The first kappa shape index (κ1) is 12.9. The molecule has 2 aliphatic rings. The van der Waals surface area contributed by atoms with Gasteiger partial charge in [0.1, 0.15) is 5.75 Å². The molecule has 0 aliphatic heterocycles. The predicted molar refractivity (Wildman–Crippen MR) is 75.1 cm³/mol. The molecule has 0 spiro atoms. The highest BCUT2D eigenvalue weighted by molar-refractivity contribution is 5.38. The maximum atomic E-state index is 9.57. The minimum absolute atomic E-state index is 0.0811. The summed E-state index contributed by atoms with van der Waals surface area (Å²) in [5, 5.41) is 22.8. The standard InChI is InChI=1S/C16H23NO2/c18-13-5-4-11(8-13)10-17-16-3-1-2-12-9-14(19)6-7-15(12)16/h6-7,9,11,13,16-19H,1-5,8,10H2. The number of aliphatic hydroxyl groups excluding tert-OH is 1. The first-order valence-corrected chi connectivity index (χ1v) is 7.45. The van der Waals surface area contributed by atoms with E-state index in [1.807, 2.05) is 6.07 Å². The van der Waals surface area contributed by atoms with Gasteiger partial charge in [0.2, 0.25) is 0 Å². The van der Waals surface area contributed by atoms with E-state index in [4.69, 9.17) is 0 Å². The Bertz CT molecular complexity index is 446. The second-order valence-electron chi connectivity index (χ2n) is 6.07.